The summed E-state index contributed by atoms with van der Waals surface area (Å²) < 4.78 is 12.7. The molecule has 0 unspecified atom stereocenters. The summed E-state index contributed by atoms with van der Waals surface area (Å²) in [5, 5.41) is 5.06. The lowest BCUT2D eigenvalue weighted by molar-refractivity contribution is -0.136. The van der Waals surface area contributed by atoms with Crippen molar-refractivity contribution in [1.82, 2.24) is 0 Å². The molecule has 0 bridgehead atoms. The van der Waals surface area contributed by atoms with Crippen molar-refractivity contribution < 1.29 is 19.1 Å². The van der Waals surface area contributed by atoms with Crippen LogP contribution < -0.4 is 9.47 Å². The molecule has 8 heteroatoms. The summed E-state index contributed by atoms with van der Waals surface area (Å²) in [6.45, 7) is 2.60. The molecule has 3 aromatic rings. The van der Waals surface area contributed by atoms with Gasteiger partial charge < -0.3 is 14.3 Å². The van der Waals surface area contributed by atoms with E-state index in [-0.39, 0.29) is 6.61 Å². The number of carbonyl (C=O) groups excluding carboxylic acids is 1. The Bertz CT molecular complexity index is 1260. The van der Waals surface area contributed by atoms with Crippen molar-refractivity contribution >= 4 is 63.5 Å². The highest BCUT2D eigenvalue weighted by atomic mass is 127. The summed E-state index contributed by atoms with van der Waals surface area (Å²) in [7, 11) is 0. The van der Waals surface area contributed by atoms with Crippen molar-refractivity contribution in [3.8, 4) is 11.5 Å². The smallest absolute Gasteiger partial charge is 0.368 e. The lowest BCUT2D eigenvalue weighted by Gasteiger charge is -2.15. The topological polar surface area (TPSA) is 57.1 Å². The molecule has 1 heterocycles. The Hall–Kier alpha value is -2.55. The Balaban J connectivity index is 1.65. The van der Waals surface area contributed by atoms with Gasteiger partial charge in [0.1, 0.15) is 12.3 Å². The molecule has 0 radical (unpaired) electrons. The van der Waals surface area contributed by atoms with E-state index in [1.54, 1.807) is 18.2 Å². The van der Waals surface area contributed by atoms with E-state index in [0.29, 0.717) is 39.4 Å². The number of carbonyl (C=O) groups is 1. The minimum Gasteiger partial charge on any atom is -0.490 e. The van der Waals surface area contributed by atoms with Crippen molar-refractivity contribution in [2.45, 2.75) is 13.5 Å². The van der Waals surface area contributed by atoms with Crippen molar-refractivity contribution in [3.05, 3.63) is 96.5 Å². The average molecular weight is 594 g/mol. The van der Waals surface area contributed by atoms with Crippen LogP contribution >= 0.6 is 45.8 Å². The number of benzene rings is 3. The number of hydrogen-bond acceptors (Lipinski definition) is 5. The molecule has 0 aliphatic carbocycles. The molecule has 0 spiro atoms. The minimum atomic E-state index is -0.500. The zero-order valence-electron chi connectivity index (χ0n) is 17.5. The Kier molecular flexibility index (Phi) is 7.57. The summed E-state index contributed by atoms with van der Waals surface area (Å²) in [6.07, 6.45) is 1.74. The first-order valence-corrected chi connectivity index (χ1v) is 11.9. The van der Waals surface area contributed by atoms with E-state index < -0.39 is 5.97 Å². The van der Waals surface area contributed by atoms with Gasteiger partial charge in [-0.1, -0.05) is 64.8 Å². The fourth-order valence-corrected chi connectivity index (χ4v) is 4.49. The third kappa shape index (κ3) is 5.51. The third-order valence-electron chi connectivity index (χ3n) is 4.77. The predicted molar refractivity (Wildman–Crippen MR) is 138 cm³/mol. The van der Waals surface area contributed by atoms with Crippen LogP contribution in [-0.4, -0.2) is 18.3 Å². The molecule has 0 amide bonds. The van der Waals surface area contributed by atoms with E-state index in [4.69, 9.17) is 37.5 Å². The summed E-state index contributed by atoms with van der Waals surface area (Å²) in [6, 6.07) is 18.4. The predicted octanol–water partition coefficient (Wildman–Crippen LogP) is 6.92. The molecule has 0 aromatic heterocycles. The van der Waals surface area contributed by atoms with E-state index in [1.807, 2.05) is 55.5 Å². The molecule has 0 saturated carbocycles. The van der Waals surface area contributed by atoms with Gasteiger partial charge in [0, 0.05) is 21.2 Å². The molecule has 0 N–H and O–H groups in total. The minimum absolute atomic E-state index is 0.254. The van der Waals surface area contributed by atoms with Crippen molar-refractivity contribution in [1.29, 1.82) is 0 Å². The molecule has 0 fully saturated rings. The van der Waals surface area contributed by atoms with E-state index in [1.165, 1.54) is 0 Å². The van der Waals surface area contributed by atoms with Crippen LogP contribution in [0, 0.1) is 3.57 Å². The van der Waals surface area contributed by atoms with Crippen LogP contribution in [0.1, 0.15) is 23.6 Å². The monoisotopic (exact) mass is 593 g/mol. The van der Waals surface area contributed by atoms with Gasteiger partial charge in [0.15, 0.2) is 11.5 Å². The van der Waals surface area contributed by atoms with Gasteiger partial charge in [-0.3, -0.25) is 0 Å². The quantitative estimate of drug-likeness (QED) is 0.169. The number of ether oxygens (including phenoxy) is 2. The molecular weight excluding hydrogens is 576 g/mol. The SMILES string of the molecule is CCOc1cc(/C=C2\C(=O)ON=C2c2ccccc2)cc(I)c1OCc1ccc(Cl)cc1Cl. The van der Waals surface area contributed by atoms with Crippen LogP contribution in [0.5, 0.6) is 11.5 Å². The van der Waals surface area contributed by atoms with Gasteiger partial charge in [-0.25, -0.2) is 4.79 Å². The van der Waals surface area contributed by atoms with E-state index in [9.17, 15) is 4.79 Å². The van der Waals surface area contributed by atoms with Crippen molar-refractivity contribution in [3.63, 3.8) is 0 Å². The molecule has 4 rings (SSSR count). The highest BCUT2D eigenvalue weighted by molar-refractivity contribution is 14.1. The lowest BCUT2D eigenvalue weighted by atomic mass is 10.0. The second-order valence-corrected chi connectivity index (χ2v) is 9.04. The van der Waals surface area contributed by atoms with Crippen molar-refractivity contribution in [2.24, 2.45) is 5.16 Å². The first-order valence-electron chi connectivity index (χ1n) is 10.1. The van der Waals surface area contributed by atoms with Gasteiger partial charge in [-0.05, 0) is 65.4 Å². The molecule has 3 aromatic carbocycles. The van der Waals surface area contributed by atoms with Crippen LogP contribution in [0.2, 0.25) is 10.0 Å². The number of oxime groups is 1. The second-order valence-electron chi connectivity index (χ2n) is 7.03. The van der Waals surface area contributed by atoms with E-state index in [0.717, 1.165) is 20.3 Å². The van der Waals surface area contributed by atoms with E-state index in [2.05, 4.69) is 27.7 Å². The van der Waals surface area contributed by atoms with Crippen LogP contribution in [0.15, 0.2) is 71.4 Å². The lowest BCUT2D eigenvalue weighted by Crippen LogP contribution is -2.07. The molecule has 33 heavy (non-hydrogen) atoms. The summed E-state index contributed by atoms with van der Waals surface area (Å²) in [5.74, 6) is 0.655. The van der Waals surface area contributed by atoms with Gasteiger partial charge in [0.2, 0.25) is 0 Å². The third-order valence-corrected chi connectivity index (χ3v) is 6.16. The normalized spacial score (nSPS) is 14.2. The second kappa shape index (κ2) is 10.6. The Labute approximate surface area is 215 Å². The summed E-state index contributed by atoms with van der Waals surface area (Å²) in [5.41, 5.74) is 3.24. The fraction of sp³-hybridized carbons (Fsp3) is 0.120. The maximum atomic E-state index is 12.4. The number of rotatable bonds is 7. The van der Waals surface area contributed by atoms with Crippen LogP contribution in [0.25, 0.3) is 6.08 Å². The Morgan fingerprint density at radius 1 is 1.06 bits per heavy atom. The van der Waals surface area contributed by atoms with Crippen molar-refractivity contribution in [2.75, 3.05) is 6.61 Å². The molecule has 1 aliphatic heterocycles. The molecule has 1 aliphatic rings. The largest absolute Gasteiger partial charge is 0.490 e. The van der Waals surface area contributed by atoms with Crippen LogP contribution in [-0.2, 0) is 16.2 Å². The first kappa shape index (κ1) is 23.6. The van der Waals surface area contributed by atoms with Gasteiger partial charge >= 0.3 is 5.97 Å². The first-order chi connectivity index (χ1) is 16.0. The molecule has 0 saturated heterocycles. The van der Waals surface area contributed by atoms with Gasteiger partial charge in [-0.15, -0.1) is 0 Å². The molecule has 168 valence electrons. The highest BCUT2D eigenvalue weighted by Crippen LogP contribution is 2.36. The summed E-state index contributed by atoms with van der Waals surface area (Å²) >= 11 is 14.4. The number of nitrogens with zero attached hydrogens (tertiary/aromatic N) is 1. The van der Waals surface area contributed by atoms with Gasteiger partial charge in [-0.2, -0.15) is 0 Å². The fourth-order valence-electron chi connectivity index (χ4n) is 3.24. The highest BCUT2D eigenvalue weighted by Gasteiger charge is 2.27. The average Bonchev–Trinajstić information content (AvgIpc) is 3.15. The molecular formula is C25H18Cl2INO4. The maximum Gasteiger partial charge on any atom is 0.368 e. The number of hydrogen-bond donors (Lipinski definition) is 0. The zero-order chi connectivity index (χ0) is 23.4. The van der Waals surface area contributed by atoms with Gasteiger partial charge in [0.05, 0.1) is 15.8 Å². The van der Waals surface area contributed by atoms with Crippen LogP contribution in [0.3, 0.4) is 0 Å². The maximum absolute atomic E-state index is 12.4. The van der Waals surface area contributed by atoms with Crippen LogP contribution in [0.4, 0.5) is 0 Å². The molecule has 5 nitrogen and oxygen atoms in total. The number of halogens is 3. The Morgan fingerprint density at radius 2 is 1.85 bits per heavy atom. The zero-order valence-corrected chi connectivity index (χ0v) is 21.1. The Morgan fingerprint density at radius 3 is 2.58 bits per heavy atom. The summed E-state index contributed by atoms with van der Waals surface area (Å²) in [4.78, 5) is 17.3. The van der Waals surface area contributed by atoms with Gasteiger partial charge in [0.25, 0.3) is 0 Å². The standard InChI is InChI=1S/C25H18Cl2INO4/c1-2-31-22-12-15(10-19-23(29-33-25(19)30)16-6-4-3-5-7-16)11-21(28)24(22)32-14-17-8-9-18(26)13-20(17)27/h3-13H,2,14H2,1H3/b19-10-. The van der Waals surface area contributed by atoms with E-state index >= 15 is 0 Å². The molecule has 0 atom stereocenters.